The quantitative estimate of drug-likeness (QED) is 0.747. The summed E-state index contributed by atoms with van der Waals surface area (Å²) in [5.41, 5.74) is -0.281. The van der Waals surface area contributed by atoms with E-state index >= 15 is 0 Å². The zero-order chi connectivity index (χ0) is 15.6. The Kier molecular flexibility index (Phi) is 4.50. The highest BCUT2D eigenvalue weighted by molar-refractivity contribution is 7.89. The number of piperidine rings is 1. The zero-order valence-corrected chi connectivity index (χ0v) is 12.4. The van der Waals surface area contributed by atoms with Crippen molar-refractivity contribution in [2.24, 2.45) is 0 Å². The Morgan fingerprint density at radius 3 is 2.71 bits per heavy atom. The highest BCUT2D eigenvalue weighted by Gasteiger charge is 2.25. The van der Waals surface area contributed by atoms with E-state index in [1.165, 1.54) is 12.1 Å². The zero-order valence-electron chi connectivity index (χ0n) is 10.8. The number of benzene rings is 1. The molecule has 1 saturated heterocycles. The van der Waals surface area contributed by atoms with Crippen molar-refractivity contribution in [3.05, 3.63) is 28.8 Å². The maximum Gasteiger partial charge on any atom is 0.337 e. The van der Waals surface area contributed by atoms with Gasteiger partial charge < -0.3 is 10.4 Å². The predicted molar refractivity (Wildman–Crippen MR) is 74.8 cm³/mol. The number of nitrogens with one attached hydrogen (secondary N) is 2. The van der Waals surface area contributed by atoms with Crippen molar-refractivity contribution < 1.29 is 23.1 Å². The lowest BCUT2D eigenvalue weighted by Gasteiger charge is -2.23. The number of halogens is 1. The van der Waals surface area contributed by atoms with Gasteiger partial charge in [-0.15, -0.1) is 0 Å². The van der Waals surface area contributed by atoms with Crippen LogP contribution in [0.2, 0.25) is 5.02 Å². The molecule has 0 spiro atoms. The molecule has 0 aliphatic carbocycles. The monoisotopic (exact) mass is 332 g/mol. The van der Waals surface area contributed by atoms with Gasteiger partial charge in [-0.1, -0.05) is 11.6 Å². The summed E-state index contributed by atoms with van der Waals surface area (Å²) in [4.78, 5) is 21.8. The summed E-state index contributed by atoms with van der Waals surface area (Å²) in [5, 5.41) is 11.5. The first kappa shape index (κ1) is 15.7. The smallest absolute Gasteiger partial charge is 0.337 e. The first-order chi connectivity index (χ1) is 9.79. The van der Waals surface area contributed by atoms with Gasteiger partial charge >= 0.3 is 5.97 Å². The van der Waals surface area contributed by atoms with Gasteiger partial charge in [0.1, 0.15) is 0 Å². The number of carbonyl (C=O) groups excluding carboxylic acids is 1. The first-order valence-electron chi connectivity index (χ1n) is 6.11. The third kappa shape index (κ3) is 3.72. The molecule has 1 aromatic carbocycles. The van der Waals surface area contributed by atoms with Gasteiger partial charge in [0, 0.05) is 19.0 Å². The molecule has 1 aliphatic rings. The number of carbonyl (C=O) groups is 2. The molecule has 0 saturated carbocycles. The average Bonchev–Trinajstić information content (AvgIpc) is 2.41. The van der Waals surface area contributed by atoms with Crippen LogP contribution in [0.15, 0.2) is 23.1 Å². The van der Waals surface area contributed by atoms with Crippen molar-refractivity contribution in [3.63, 3.8) is 0 Å². The highest BCUT2D eigenvalue weighted by Crippen LogP contribution is 2.21. The molecular weight excluding hydrogens is 320 g/mol. The molecule has 0 bridgehead atoms. The van der Waals surface area contributed by atoms with Gasteiger partial charge in [0.25, 0.3) is 0 Å². The summed E-state index contributed by atoms with van der Waals surface area (Å²) in [7, 11) is -3.87. The number of sulfonamides is 1. The van der Waals surface area contributed by atoms with E-state index in [0.29, 0.717) is 6.42 Å². The lowest BCUT2D eigenvalue weighted by Crippen LogP contribution is -2.47. The van der Waals surface area contributed by atoms with Crippen LogP contribution in [0, 0.1) is 0 Å². The van der Waals surface area contributed by atoms with E-state index in [-0.39, 0.29) is 34.4 Å². The summed E-state index contributed by atoms with van der Waals surface area (Å²) < 4.78 is 26.9. The average molecular weight is 333 g/mol. The topological polar surface area (TPSA) is 113 Å². The van der Waals surface area contributed by atoms with Crippen molar-refractivity contribution in [1.29, 1.82) is 0 Å². The van der Waals surface area contributed by atoms with Crippen molar-refractivity contribution in [2.75, 3.05) is 6.54 Å². The fourth-order valence-corrected chi connectivity index (χ4v) is 3.45. The predicted octanol–water partition coefficient (Wildman–Crippen LogP) is 0.595. The van der Waals surface area contributed by atoms with Gasteiger partial charge in [0.05, 0.1) is 15.5 Å². The van der Waals surface area contributed by atoms with E-state index in [9.17, 15) is 18.0 Å². The second-order valence-electron chi connectivity index (χ2n) is 4.61. The van der Waals surface area contributed by atoms with Gasteiger partial charge in [0.15, 0.2) is 0 Å². The second-order valence-corrected chi connectivity index (χ2v) is 6.73. The second kappa shape index (κ2) is 6.00. The van der Waals surface area contributed by atoms with Gasteiger partial charge in [0.2, 0.25) is 15.9 Å². The molecule has 3 N–H and O–H groups in total. The summed E-state index contributed by atoms with van der Waals surface area (Å²) >= 11 is 5.71. The van der Waals surface area contributed by atoms with Crippen LogP contribution in [-0.2, 0) is 14.8 Å². The molecule has 0 radical (unpaired) electrons. The van der Waals surface area contributed by atoms with Crippen LogP contribution in [0.5, 0.6) is 0 Å². The summed E-state index contributed by atoms with van der Waals surface area (Å²) in [6.45, 7) is 0.206. The van der Waals surface area contributed by atoms with Crippen LogP contribution in [0.4, 0.5) is 0 Å². The fourth-order valence-electron chi connectivity index (χ4n) is 1.96. The molecule has 21 heavy (non-hydrogen) atoms. The minimum Gasteiger partial charge on any atom is -0.478 e. The Labute approximate surface area is 126 Å². The molecule has 9 heteroatoms. The van der Waals surface area contributed by atoms with Gasteiger partial charge in [-0.2, -0.15) is 0 Å². The molecule has 1 aliphatic heterocycles. The van der Waals surface area contributed by atoms with Crippen molar-refractivity contribution in [1.82, 2.24) is 10.0 Å². The lowest BCUT2D eigenvalue weighted by atomic mass is 10.1. The highest BCUT2D eigenvalue weighted by atomic mass is 35.5. The summed E-state index contributed by atoms with van der Waals surface area (Å²) in [6, 6.07) is 3.05. The van der Waals surface area contributed by atoms with Crippen molar-refractivity contribution >= 4 is 33.5 Å². The molecule has 1 unspecified atom stereocenters. The normalized spacial score (nSPS) is 19.1. The minimum absolute atomic E-state index is 0.0358. The van der Waals surface area contributed by atoms with E-state index in [1.807, 2.05) is 0 Å². The third-order valence-corrected chi connectivity index (χ3v) is 4.91. The van der Waals surface area contributed by atoms with Crippen LogP contribution in [0.1, 0.15) is 23.2 Å². The summed E-state index contributed by atoms with van der Waals surface area (Å²) in [5.74, 6) is -1.42. The van der Waals surface area contributed by atoms with Crippen molar-refractivity contribution in [3.8, 4) is 0 Å². The van der Waals surface area contributed by atoms with Crippen LogP contribution >= 0.6 is 11.6 Å². The van der Waals surface area contributed by atoms with Crippen LogP contribution < -0.4 is 10.0 Å². The van der Waals surface area contributed by atoms with E-state index in [0.717, 1.165) is 6.07 Å². The first-order valence-corrected chi connectivity index (χ1v) is 7.97. The number of aromatic carboxylic acids is 1. The van der Waals surface area contributed by atoms with Crippen LogP contribution in [0.3, 0.4) is 0 Å². The number of hydrogen-bond donors (Lipinski definition) is 3. The van der Waals surface area contributed by atoms with Crippen molar-refractivity contribution in [2.45, 2.75) is 23.8 Å². The number of rotatable bonds is 4. The molecule has 1 aromatic rings. The molecule has 1 amide bonds. The number of carboxylic acid groups (broad SMARTS) is 1. The fraction of sp³-hybridized carbons (Fsp3) is 0.333. The third-order valence-electron chi connectivity index (χ3n) is 3.07. The molecule has 2 rings (SSSR count). The minimum atomic E-state index is -3.87. The maximum absolute atomic E-state index is 12.2. The van der Waals surface area contributed by atoms with Gasteiger partial charge in [-0.05, 0) is 24.6 Å². The molecule has 1 atom stereocenters. The molecule has 0 aromatic heterocycles. The Hall–Kier alpha value is -1.64. The number of hydrogen-bond acceptors (Lipinski definition) is 4. The Morgan fingerprint density at radius 1 is 1.43 bits per heavy atom. The van der Waals surface area contributed by atoms with Crippen LogP contribution in [0.25, 0.3) is 0 Å². The SMILES string of the molecule is O=C1CCC(NS(=O)(=O)c2ccc(Cl)c(C(=O)O)c2)CN1. The number of carboxylic acids is 1. The van der Waals surface area contributed by atoms with E-state index in [4.69, 9.17) is 16.7 Å². The number of amides is 1. The standard InChI is InChI=1S/C12H13ClN2O5S/c13-10-3-2-8(5-9(10)12(17)18)21(19,20)15-7-1-4-11(16)14-6-7/h2-3,5,7,15H,1,4,6H2,(H,14,16)(H,17,18). The van der Waals surface area contributed by atoms with Crippen LogP contribution in [-0.4, -0.2) is 38.0 Å². The molecule has 1 fully saturated rings. The Bertz CT molecular complexity index is 679. The Morgan fingerprint density at radius 2 is 2.14 bits per heavy atom. The summed E-state index contributed by atoms with van der Waals surface area (Å²) in [6.07, 6.45) is 0.638. The molecule has 7 nitrogen and oxygen atoms in total. The van der Waals surface area contributed by atoms with Gasteiger partial charge in [-0.25, -0.2) is 17.9 Å². The van der Waals surface area contributed by atoms with E-state index in [1.54, 1.807) is 0 Å². The molecule has 114 valence electrons. The largest absolute Gasteiger partial charge is 0.478 e. The van der Waals surface area contributed by atoms with E-state index < -0.39 is 22.0 Å². The maximum atomic E-state index is 12.2. The lowest BCUT2D eigenvalue weighted by molar-refractivity contribution is -0.122. The Balaban J connectivity index is 2.21. The van der Waals surface area contributed by atoms with E-state index in [2.05, 4.69) is 10.0 Å². The molecular formula is C12H13ClN2O5S. The molecule has 1 heterocycles. The van der Waals surface area contributed by atoms with Gasteiger partial charge in [-0.3, -0.25) is 4.79 Å².